The first kappa shape index (κ1) is 14.2. The van der Waals surface area contributed by atoms with Crippen LogP contribution in [0.4, 0.5) is 0 Å². The fourth-order valence-corrected chi connectivity index (χ4v) is 2.18. The molecule has 102 valence electrons. The van der Waals surface area contributed by atoms with Crippen LogP contribution in [0.1, 0.15) is 32.0 Å². The van der Waals surface area contributed by atoms with Crippen molar-refractivity contribution < 1.29 is 4.79 Å². The number of carbonyl (C=O) groups is 1. The van der Waals surface area contributed by atoms with E-state index in [1.165, 1.54) is 10.9 Å². The zero-order valence-corrected chi connectivity index (χ0v) is 12.2. The number of fused-ring (bicyclic) bond motifs is 1. The number of ketones is 1. The number of benzene rings is 1. The molecule has 0 aliphatic rings. The van der Waals surface area contributed by atoms with Crippen LogP contribution in [0.15, 0.2) is 48.6 Å². The van der Waals surface area contributed by atoms with Crippen LogP contribution < -0.4 is 0 Å². The molecule has 0 spiro atoms. The Morgan fingerprint density at radius 2 is 2.00 bits per heavy atom. The van der Waals surface area contributed by atoms with Gasteiger partial charge in [0.15, 0.2) is 5.78 Å². The summed E-state index contributed by atoms with van der Waals surface area (Å²) in [4.78, 5) is 15.7. The standard InChI is InChI=1S/C18H19NO/c1-4-15-12-16-10-5-6-11-17(16)19-18(15)13(2)8-7-9-14(3)20/h5-12H,4H2,1-3H3/b9-7-,13-8+. The Kier molecular flexibility index (Phi) is 4.46. The van der Waals surface area contributed by atoms with Gasteiger partial charge in [0, 0.05) is 5.39 Å². The summed E-state index contributed by atoms with van der Waals surface area (Å²) in [6, 6.07) is 10.3. The highest BCUT2D eigenvalue weighted by molar-refractivity contribution is 5.88. The fourth-order valence-electron chi connectivity index (χ4n) is 2.18. The second kappa shape index (κ2) is 6.29. The van der Waals surface area contributed by atoms with Crippen LogP contribution in [0.3, 0.4) is 0 Å². The van der Waals surface area contributed by atoms with Crippen LogP contribution in [-0.2, 0) is 11.2 Å². The molecule has 1 heterocycles. The molecule has 0 atom stereocenters. The van der Waals surface area contributed by atoms with Gasteiger partial charge in [-0.2, -0.15) is 0 Å². The van der Waals surface area contributed by atoms with E-state index in [0.717, 1.165) is 23.2 Å². The van der Waals surface area contributed by atoms with E-state index in [0.29, 0.717) is 0 Å². The summed E-state index contributed by atoms with van der Waals surface area (Å²) in [6.07, 6.45) is 6.23. The van der Waals surface area contributed by atoms with Gasteiger partial charge in [0.2, 0.25) is 0 Å². The van der Waals surface area contributed by atoms with Crippen molar-refractivity contribution in [1.82, 2.24) is 4.98 Å². The minimum atomic E-state index is 0.0521. The van der Waals surface area contributed by atoms with E-state index in [2.05, 4.69) is 19.1 Å². The number of aryl methyl sites for hydroxylation is 1. The molecular formula is C18H19NO. The molecule has 0 aliphatic heterocycles. The van der Waals surface area contributed by atoms with Gasteiger partial charge in [-0.25, -0.2) is 4.98 Å². The van der Waals surface area contributed by atoms with Gasteiger partial charge in [0.1, 0.15) is 0 Å². The van der Waals surface area contributed by atoms with E-state index < -0.39 is 0 Å². The van der Waals surface area contributed by atoms with Gasteiger partial charge in [-0.05, 0) is 49.6 Å². The Morgan fingerprint density at radius 3 is 2.70 bits per heavy atom. The number of hydrogen-bond acceptors (Lipinski definition) is 2. The minimum Gasteiger partial charge on any atom is -0.295 e. The Hall–Kier alpha value is -2.22. The summed E-state index contributed by atoms with van der Waals surface area (Å²) in [5.74, 6) is 0.0521. The molecule has 0 saturated carbocycles. The van der Waals surface area contributed by atoms with E-state index in [-0.39, 0.29) is 5.78 Å². The average Bonchev–Trinajstić information content (AvgIpc) is 2.45. The van der Waals surface area contributed by atoms with Crippen LogP contribution >= 0.6 is 0 Å². The smallest absolute Gasteiger partial charge is 0.152 e. The lowest BCUT2D eigenvalue weighted by molar-refractivity contribution is -0.112. The van der Waals surface area contributed by atoms with Gasteiger partial charge in [-0.3, -0.25) is 4.79 Å². The van der Waals surface area contributed by atoms with Gasteiger partial charge in [-0.15, -0.1) is 0 Å². The number of pyridine rings is 1. The molecule has 1 aromatic carbocycles. The highest BCUT2D eigenvalue weighted by Crippen LogP contribution is 2.22. The molecule has 0 aliphatic carbocycles. The first-order valence-electron chi connectivity index (χ1n) is 6.86. The van der Waals surface area contributed by atoms with E-state index in [4.69, 9.17) is 4.98 Å². The minimum absolute atomic E-state index is 0.0521. The molecule has 1 aromatic heterocycles. The van der Waals surface area contributed by atoms with Crippen LogP contribution in [0, 0.1) is 0 Å². The highest BCUT2D eigenvalue weighted by Gasteiger charge is 2.06. The molecule has 0 saturated heterocycles. The van der Waals surface area contributed by atoms with Crippen LogP contribution in [-0.4, -0.2) is 10.8 Å². The maximum absolute atomic E-state index is 10.9. The van der Waals surface area contributed by atoms with Gasteiger partial charge in [0.25, 0.3) is 0 Å². The summed E-state index contributed by atoms with van der Waals surface area (Å²) in [5, 5.41) is 1.17. The summed E-state index contributed by atoms with van der Waals surface area (Å²) < 4.78 is 0. The topological polar surface area (TPSA) is 30.0 Å². The number of aromatic nitrogens is 1. The van der Waals surface area contributed by atoms with Crippen molar-refractivity contribution in [3.8, 4) is 0 Å². The van der Waals surface area contributed by atoms with Crippen molar-refractivity contribution in [2.45, 2.75) is 27.2 Å². The number of hydrogen-bond donors (Lipinski definition) is 0. The van der Waals surface area contributed by atoms with Crippen LogP contribution in [0.2, 0.25) is 0 Å². The zero-order valence-electron chi connectivity index (χ0n) is 12.2. The van der Waals surface area contributed by atoms with E-state index in [1.807, 2.05) is 31.2 Å². The zero-order chi connectivity index (χ0) is 14.5. The molecule has 0 fully saturated rings. The SMILES string of the molecule is CCc1cc2ccccc2nc1/C(C)=C/C=C\C(C)=O. The summed E-state index contributed by atoms with van der Waals surface area (Å²) in [6.45, 7) is 5.71. The van der Waals surface area contributed by atoms with Crippen molar-refractivity contribution in [2.75, 3.05) is 0 Å². The number of carbonyl (C=O) groups excluding carboxylic acids is 1. The Morgan fingerprint density at radius 1 is 1.25 bits per heavy atom. The molecule has 0 N–H and O–H groups in total. The van der Waals surface area contributed by atoms with Crippen molar-refractivity contribution in [3.05, 3.63) is 59.8 Å². The second-order valence-electron chi connectivity index (χ2n) is 4.86. The highest BCUT2D eigenvalue weighted by atomic mass is 16.1. The second-order valence-corrected chi connectivity index (χ2v) is 4.86. The van der Waals surface area contributed by atoms with Gasteiger partial charge in [-0.1, -0.05) is 37.3 Å². The van der Waals surface area contributed by atoms with E-state index >= 15 is 0 Å². The summed E-state index contributed by atoms with van der Waals surface area (Å²) >= 11 is 0. The van der Waals surface area contributed by atoms with Gasteiger partial charge in [0.05, 0.1) is 11.2 Å². The molecule has 0 radical (unpaired) electrons. The quantitative estimate of drug-likeness (QED) is 0.608. The third-order valence-corrected chi connectivity index (χ3v) is 3.23. The van der Waals surface area contributed by atoms with Crippen molar-refractivity contribution in [1.29, 1.82) is 0 Å². The Bertz CT molecular complexity index is 696. The molecule has 2 heteroatoms. The van der Waals surface area contributed by atoms with Crippen molar-refractivity contribution >= 4 is 22.3 Å². The molecule has 0 bridgehead atoms. The van der Waals surface area contributed by atoms with Crippen molar-refractivity contribution in [2.24, 2.45) is 0 Å². The molecule has 0 amide bonds. The predicted molar refractivity (Wildman–Crippen MR) is 84.6 cm³/mol. The van der Waals surface area contributed by atoms with Gasteiger partial charge < -0.3 is 0 Å². The third kappa shape index (κ3) is 3.21. The number of para-hydroxylation sites is 1. The number of allylic oxidation sites excluding steroid dienone is 4. The summed E-state index contributed by atoms with van der Waals surface area (Å²) in [7, 11) is 0. The molecule has 2 rings (SSSR count). The van der Waals surface area contributed by atoms with Crippen molar-refractivity contribution in [3.63, 3.8) is 0 Å². The molecule has 0 unspecified atom stereocenters. The first-order chi connectivity index (χ1) is 9.61. The number of nitrogens with zero attached hydrogens (tertiary/aromatic N) is 1. The molecule has 20 heavy (non-hydrogen) atoms. The fraction of sp³-hybridized carbons (Fsp3) is 0.222. The lowest BCUT2D eigenvalue weighted by atomic mass is 10.0. The first-order valence-corrected chi connectivity index (χ1v) is 6.86. The molecule has 2 aromatic rings. The van der Waals surface area contributed by atoms with Gasteiger partial charge >= 0.3 is 0 Å². The van der Waals surface area contributed by atoms with Crippen LogP contribution in [0.25, 0.3) is 16.5 Å². The Balaban J connectivity index is 2.49. The lowest BCUT2D eigenvalue weighted by Gasteiger charge is -2.09. The Labute approximate surface area is 119 Å². The number of rotatable bonds is 4. The predicted octanol–water partition coefficient (Wildman–Crippen LogP) is 4.35. The lowest BCUT2D eigenvalue weighted by Crippen LogP contribution is -1.95. The molecular weight excluding hydrogens is 246 g/mol. The monoisotopic (exact) mass is 265 g/mol. The largest absolute Gasteiger partial charge is 0.295 e. The third-order valence-electron chi connectivity index (χ3n) is 3.23. The maximum Gasteiger partial charge on any atom is 0.152 e. The van der Waals surface area contributed by atoms with Crippen LogP contribution in [0.5, 0.6) is 0 Å². The average molecular weight is 265 g/mol. The van der Waals surface area contributed by atoms with E-state index in [9.17, 15) is 4.79 Å². The summed E-state index contributed by atoms with van der Waals surface area (Å²) in [5.41, 5.74) is 4.32. The molecule has 2 nitrogen and oxygen atoms in total. The maximum atomic E-state index is 10.9. The van der Waals surface area contributed by atoms with E-state index in [1.54, 1.807) is 19.1 Å². The normalized spacial score (nSPS) is 12.2.